The summed E-state index contributed by atoms with van der Waals surface area (Å²) in [5.41, 5.74) is 1.12. The van der Waals surface area contributed by atoms with Crippen molar-refractivity contribution in [3.8, 4) is 0 Å². The van der Waals surface area contributed by atoms with Crippen LogP contribution < -0.4 is 5.32 Å². The Kier molecular flexibility index (Phi) is 5.86. The van der Waals surface area contributed by atoms with Crippen molar-refractivity contribution in [2.24, 2.45) is 0 Å². The monoisotopic (exact) mass is 266 g/mol. The maximum atomic E-state index is 5.66. The van der Waals surface area contributed by atoms with Crippen LogP contribution in [0.2, 0.25) is 0 Å². The lowest BCUT2D eigenvalue weighted by Crippen LogP contribution is -2.50. The molecule has 2 unspecified atom stereocenters. The lowest BCUT2D eigenvalue weighted by atomic mass is 9.97. The van der Waals surface area contributed by atoms with Gasteiger partial charge in [0.25, 0.3) is 0 Å². The first-order valence-electron chi connectivity index (χ1n) is 7.92. The van der Waals surface area contributed by atoms with Gasteiger partial charge in [-0.15, -0.1) is 0 Å². The zero-order valence-corrected chi connectivity index (χ0v) is 12.7. The number of hydrogen-bond donors (Lipinski definition) is 1. The van der Waals surface area contributed by atoms with Crippen molar-refractivity contribution in [1.29, 1.82) is 0 Å². The lowest BCUT2D eigenvalue weighted by molar-refractivity contribution is 0.0664. The molecule has 0 aliphatic carbocycles. The van der Waals surface area contributed by atoms with Gasteiger partial charge < -0.3 is 10.1 Å². The second-order valence-electron chi connectivity index (χ2n) is 6.25. The summed E-state index contributed by atoms with van der Waals surface area (Å²) in [7, 11) is 0. The Morgan fingerprint density at radius 1 is 1.32 bits per heavy atom. The average Bonchev–Trinajstić information content (AvgIpc) is 2.61. The third-order valence-electron chi connectivity index (χ3n) is 4.41. The minimum Gasteiger partial charge on any atom is -0.376 e. The zero-order valence-electron chi connectivity index (χ0n) is 12.7. The van der Waals surface area contributed by atoms with Crippen molar-refractivity contribution >= 4 is 0 Å². The SMILES string of the molecule is C=C(C)COCCN1C2CCC1CC(NCCC)C2. The van der Waals surface area contributed by atoms with Gasteiger partial charge in [-0.25, -0.2) is 0 Å². The van der Waals surface area contributed by atoms with Crippen LogP contribution in [0.5, 0.6) is 0 Å². The number of ether oxygens (including phenoxy) is 1. The highest BCUT2D eigenvalue weighted by Crippen LogP contribution is 2.35. The van der Waals surface area contributed by atoms with E-state index in [0.29, 0.717) is 6.61 Å². The largest absolute Gasteiger partial charge is 0.376 e. The van der Waals surface area contributed by atoms with Crippen molar-refractivity contribution in [2.45, 2.75) is 64.1 Å². The second-order valence-corrected chi connectivity index (χ2v) is 6.25. The maximum absolute atomic E-state index is 5.66. The molecule has 19 heavy (non-hydrogen) atoms. The summed E-state index contributed by atoms with van der Waals surface area (Å²) in [5.74, 6) is 0. The lowest BCUT2D eigenvalue weighted by Gasteiger charge is -2.39. The first kappa shape index (κ1) is 15.0. The first-order valence-corrected chi connectivity index (χ1v) is 7.92. The van der Waals surface area contributed by atoms with Gasteiger partial charge in [-0.05, 0) is 45.6 Å². The van der Waals surface area contributed by atoms with Crippen LogP contribution in [0.15, 0.2) is 12.2 Å². The van der Waals surface area contributed by atoms with E-state index < -0.39 is 0 Å². The summed E-state index contributed by atoms with van der Waals surface area (Å²) in [6.07, 6.45) is 6.67. The molecule has 2 heterocycles. The fraction of sp³-hybridized carbons (Fsp3) is 0.875. The fourth-order valence-corrected chi connectivity index (χ4v) is 3.57. The molecular formula is C16H30N2O. The molecule has 0 amide bonds. The van der Waals surface area contributed by atoms with Gasteiger partial charge in [0.15, 0.2) is 0 Å². The van der Waals surface area contributed by atoms with E-state index >= 15 is 0 Å². The summed E-state index contributed by atoms with van der Waals surface area (Å²) in [6, 6.07) is 2.34. The van der Waals surface area contributed by atoms with E-state index in [1.54, 1.807) is 0 Å². The number of rotatable bonds is 8. The Morgan fingerprint density at radius 2 is 2.00 bits per heavy atom. The molecule has 1 N–H and O–H groups in total. The quantitative estimate of drug-likeness (QED) is 0.540. The van der Waals surface area contributed by atoms with E-state index in [2.05, 4.69) is 23.7 Å². The molecule has 2 atom stereocenters. The minimum atomic E-state index is 0.712. The Hall–Kier alpha value is -0.380. The van der Waals surface area contributed by atoms with Gasteiger partial charge in [0.05, 0.1) is 13.2 Å². The molecule has 0 saturated carbocycles. The molecule has 0 radical (unpaired) electrons. The smallest absolute Gasteiger partial charge is 0.0672 e. The Labute approximate surface area is 118 Å². The van der Waals surface area contributed by atoms with Crippen molar-refractivity contribution in [3.63, 3.8) is 0 Å². The fourth-order valence-electron chi connectivity index (χ4n) is 3.57. The van der Waals surface area contributed by atoms with Crippen LogP contribution in [-0.2, 0) is 4.74 Å². The van der Waals surface area contributed by atoms with E-state index in [-0.39, 0.29) is 0 Å². The Balaban J connectivity index is 1.71. The molecule has 0 aromatic heterocycles. The molecule has 2 aliphatic heterocycles. The summed E-state index contributed by atoms with van der Waals surface area (Å²) in [6.45, 7) is 12.0. The van der Waals surface area contributed by atoms with E-state index in [1.807, 2.05) is 6.92 Å². The number of nitrogens with zero attached hydrogens (tertiary/aromatic N) is 1. The molecule has 2 fully saturated rings. The van der Waals surface area contributed by atoms with Gasteiger partial charge in [0.2, 0.25) is 0 Å². The average molecular weight is 266 g/mol. The number of nitrogens with one attached hydrogen (secondary N) is 1. The van der Waals surface area contributed by atoms with Gasteiger partial charge in [-0.2, -0.15) is 0 Å². The Bertz CT molecular complexity index is 278. The third kappa shape index (κ3) is 4.30. The molecule has 2 rings (SSSR count). The van der Waals surface area contributed by atoms with E-state index in [0.717, 1.165) is 36.9 Å². The van der Waals surface area contributed by atoms with Crippen LogP contribution in [0.1, 0.15) is 46.0 Å². The van der Waals surface area contributed by atoms with Gasteiger partial charge in [-0.1, -0.05) is 19.1 Å². The molecule has 2 aliphatic rings. The van der Waals surface area contributed by atoms with Crippen molar-refractivity contribution in [2.75, 3.05) is 26.3 Å². The number of piperidine rings is 1. The van der Waals surface area contributed by atoms with Crippen molar-refractivity contribution in [1.82, 2.24) is 10.2 Å². The molecule has 0 aromatic rings. The molecule has 2 bridgehead atoms. The summed E-state index contributed by atoms with van der Waals surface area (Å²) < 4.78 is 5.66. The molecular weight excluding hydrogens is 236 g/mol. The first-order chi connectivity index (χ1) is 9.20. The molecule has 3 heteroatoms. The number of fused-ring (bicyclic) bond motifs is 2. The Morgan fingerprint density at radius 3 is 2.58 bits per heavy atom. The molecule has 2 saturated heterocycles. The summed E-state index contributed by atoms with van der Waals surface area (Å²) >= 11 is 0. The van der Waals surface area contributed by atoms with Gasteiger partial charge in [0, 0.05) is 24.7 Å². The molecule has 110 valence electrons. The van der Waals surface area contributed by atoms with E-state index in [9.17, 15) is 0 Å². The predicted molar refractivity (Wildman–Crippen MR) is 80.5 cm³/mol. The zero-order chi connectivity index (χ0) is 13.7. The third-order valence-corrected chi connectivity index (χ3v) is 4.41. The van der Waals surface area contributed by atoms with Gasteiger partial charge >= 0.3 is 0 Å². The van der Waals surface area contributed by atoms with Gasteiger partial charge in [-0.3, -0.25) is 4.90 Å². The minimum absolute atomic E-state index is 0.712. The van der Waals surface area contributed by atoms with E-state index in [4.69, 9.17) is 4.74 Å². The van der Waals surface area contributed by atoms with Crippen LogP contribution in [0.3, 0.4) is 0 Å². The van der Waals surface area contributed by atoms with Crippen LogP contribution in [0.4, 0.5) is 0 Å². The molecule has 0 aromatic carbocycles. The highest BCUT2D eigenvalue weighted by Gasteiger charge is 2.39. The van der Waals surface area contributed by atoms with Crippen molar-refractivity contribution in [3.05, 3.63) is 12.2 Å². The standard InChI is InChI=1S/C16H30N2O/c1-4-7-17-14-10-15-5-6-16(11-14)18(15)8-9-19-12-13(2)3/h14-17H,2,4-12H2,1,3H3. The topological polar surface area (TPSA) is 24.5 Å². The second kappa shape index (κ2) is 7.41. The van der Waals surface area contributed by atoms with Crippen LogP contribution in [0, 0.1) is 0 Å². The molecule has 0 spiro atoms. The maximum Gasteiger partial charge on any atom is 0.0672 e. The summed E-state index contributed by atoms with van der Waals surface area (Å²) in [5, 5.41) is 3.71. The van der Waals surface area contributed by atoms with Crippen LogP contribution >= 0.6 is 0 Å². The predicted octanol–water partition coefficient (Wildman–Crippen LogP) is 2.57. The summed E-state index contributed by atoms with van der Waals surface area (Å²) in [4.78, 5) is 2.70. The highest BCUT2D eigenvalue weighted by molar-refractivity contribution is 4.97. The van der Waals surface area contributed by atoms with E-state index in [1.165, 1.54) is 38.6 Å². The highest BCUT2D eigenvalue weighted by atomic mass is 16.5. The normalized spacial score (nSPS) is 30.7. The molecule has 3 nitrogen and oxygen atoms in total. The van der Waals surface area contributed by atoms with Crippen molar-refractivity contribution < 1.29 is 4.74 Å². The number of hydrogen-bond acceptors (Lipinski definition) is 3. The van der Waals surface area contributed by atoms with Crippen LogP contribution in [0.25, 0.3) is 0 Å². The van der Waals surface area contributed by atoms with Crippen LogP contribution in [-0.4, -0.2) is 49.3 Å². The van der Waals surface area contributed by atoms with Gasteiger partial charge in [0.1, 0.15) is 0 Å².